The fourth-order valence-electron chi connectivity index (χ4n) is 8.14. The van der Waals surface area contributed by atoms with Crippen LogP contribution in [0.2, 0.25) is 0 Å². The summed E-state index contributed by atoms with van der Waals surface area (Å²) in [7, 11) is 0. The van der Waals surface area contributed by atoms with Gasteiger partial charge in [0.15, 0.2) is 0 Å². The van der Waals surface area contributed by atoms with E-state index in [2.05, 4.69) is 34.4 Å². The van der Waals surface area contributed by atoms with Gasteiger partial charge in [-0.1, -0.05) is 90.7 Å². The zero-order valence-corrected chi connectivity index (χ0v) is 29.2. The average molecular weight is 726 g/mol. The highest BCUT2D eigenvalue weighted by molar-refractivity contribution is 6.12. The first-order chi connectivity index (χ1) is 26.3. The second-order valence-electron chi connectivity index (χ2n) is 13.2. The van der Waals surface area contributed by atoms with Gasteiger partial charge >= 0.3 is 12.0 Å². The number of hydrogen-bond acceptors (Lipinski definition) is 8. The molecule has 0 saturated carbocycles. The quantitative estimate of drug-likeness (QED) is 0.0937. The number of nitrogens with one attached hydrogen (secondary N) is 3. The molecule has 0 aliphatic carbocycles. The highest BCUT2D eigenvalue weighted by Crippen LogP contribution is 2.64. The summed E-state index contributed by atoms with van der Waals surface area (Å²) in [4.78, 5) is 57.8. The van der Waals surface area contributed by atoms with Gasteiger partial charge in [0.1, 0.15) is 29.9 Å². The molecule has 4 amide bonds. The van der Waals surface area contributed by atoms with Gasteiger partial charge in [-0.25, -0.2) is 4.79 Å². The number of cyclic esters (lactones) is 1. The maximum atomic E-state index is 15.1. The predicted molar refractivity (Wildman–Crippen MR) is 200 cm³/mol. The number of hydrogen-bond donors (Lipinski definition) is 5. The van der Waals surface area contributed by atoms with Crippen LogP contribution < -0.4 is 26.4 Å². The van der Waals surface area contributed by atoms with Crippen molar-refractivity contribution in [3.05, 3.63) is 144 Å². The molecule has 4 aromatic carbocycles. The Morgan fingerprint density at radius 3 is 2.31 bits per heavy atom. The second-order valence-corrected chi connectivity index (χ2v) is 13.2. The number of fused-ring (bicyclic) bond motifs is 3. The molecule has 6 unspecified atom stereocenters. The minimum absolute atomic E-state index is 0.00399. The van der Waals surface area contributed by atoms with Crippen molar-refractivity contribution in [1.82, 2.24) is 15.5 Å². The van der Waals surface area contributed by atoms with Crippen LogP contribution in [0.15, 0.2) is 116 Å². The average Bonchev–Trinajstić information content (AvgIpc) is 3.67. The number of ether oxygens (including phenoxy) is 2. The smallest absolute Gasteiger partial charge is 0.324 e. The number of aliphatic hydroxyl groups excluding tert-OH is 1. The van der Waals surface area contributed by atoms with Crippen molar-refractivity contribution in [2.24, 2.45) is 11.7 Å². The van der Waals surface area contributed by atoms with E-state index in [1.54, 1.807) is 30.3 Å². The number of urea groups is 1. The van der Waals surface area contributed by atoms with Crippen molar-refractivity contribution in [2.45, 2.75) is 29.6 Å². The van der Waals surface area contributed by atoms with Crippen LogP contribution in [-0.4, -0.2) is 66.2 Å². The molecule has 54 heavy (non-hydrogen) atoms. The summed E-state index contributed by atoms with van der Waals surface area (Å²) in [5, 5.41) is 17.8. The molecule has 0 bridgehead atoms. The first-order valence-electron chi connectivity index (χ1n) is 17.6. The van der Waals surface area contributed by atoms with Gasteiger partial charge in [0.05, 0.1) is 31.2 Å². The van der Waals surface area contributed by atoms with Crippen LogP contribution in [0.25, 0.3) is 0 Å². The Morgan fingerprint density at radius 1 is 0.944 bits per heavy atom. The van der Waals surface area contributed by atoms with E-state index in [-0.39, 0.29) is 26.3 Å². The van der Waals surface area contributed by atoms with E-state index < -0.39 is 59.4 Å². The fraction of sp³-hybridized carbons (Fsp3) is 0.238. The Balaban J connectivity index is 1.51. The molecule has 12 heteroatoms. The van der Waals surface area contributed by atoms with Gasteiger partial charge < -0.3 is 36.3 Å². The Bertz CT molecular complexity index is 2130. The lowest BCUT2D eigenvalue weighted by molar-refractivity contribution is -0.178. The molecule has 274 valence electrons. The number of benzene rings is 4. The van der Waals surface area contributed by atoms with Crippen LogP contribution in [0.1, 0.15) is 46.0 Å². The minimum atomic E-state index is -1.69. The molecule has 3 aliphatic rings. The SMILES string of the molecule is C=CCNC(=O)C1C2C(=O)OC(c3ccccc3)C(c3ccccc3)N2C(c2ccc(OCCO)cc2)C12C(=O)Nc1ccc(C#CCNC(N)=O)cc12. The number of esters is 1. The standard InChI is InChI=1S/C42H39N5O7/c1-2-21-44-38(49)33-35-39(50)54-36(28-13-7-4-8-14-28)34(27-11-5-3-6-12-27)47(35)37(29-16-18-30(19-17-29)53-24-23-48)42(33)31-25-26(10-9-22-45-41(43)52)15-20-32(31)46-40(42)51/h2-8,11-20,25,33-37,48H,1,21-24H2,(H,44,49)(H,46,51)(H3,43,45,52). The van der Waals surface area contributed by atoms with Crippen molar-refractivity contribution >= 4 is 29.5 Å². The van der Waals surface area contributed by atoms with Gasteiger partial charge in [-0.05, 0) is 52.6 Å². The number of primary amides is 1. The van der Waals surface area contributed by atoms with E-state index in [4.69, 9.17) is 15.2 Å². The maximum absolute atomic E-state index is 15.1. The van der Waals surface area contributed by atoms with E-state index in [1.165, 1.54) is 6.08 Å². The summed E-state index contributed by atoms with van der Waals surface area (Å²) in [6.45, 7) is 3.77. The summed E-state index contributed by atoms with van der Waals surface area (Å²) in [5.74, 6) is 3.48. The third-order valence-corrected chi connectivity index (χ3v) is 10.2. The number of carbonyl (C=O) groups is 4. The Morgan fingerprint density at radius 2 is 1.65 bits per heavy atom. The molecule has 3 heterocycles. The molecule has 7 rings (SSSR count). The van der Waals surface area contributed by atoms with Crippen LogP contribution in [-0.2, 0) is 24.5 Å². The summed E-state index contributed by atoms with van der Waals surface area (Å²) in [6.07, 6.45) is 0.728. The van der Waals surface area contributed by atoms with Gasteiger partial charge in [-0.3, -0.25) is 19.3 Å². The maximum Gasteiger partial charge on any atom is 0.324 e. The molecule has 0 radical (unpaired) electrons. The van der Waals surface area contributed by atoms with Gasteiger partial charge in [-0.2, -0.15) is 0 Å². The predicted octanol–water partition coefficient (Wildman–Crippen LogP) is 3.65. The highest BCUT2D eigenvalue weighted by atomic mass is 16.6. The highest BCUT2D eigenvalue weighted by Gasteiger charge is 2.74. The largest absolute Gasteiger partial charge is 0.491 e. The zero-order valence-electron chi connectivity index (χ0n) is 29.2. The summed E-state index contributed by atoms with van der Waals surface area (Å²) >= 11 is 0. The number of nitrogens with zero attached hydrogens (tertiary/aromatic N) is 1. The van der Waals surface area contributed by atoms with E-state index in [0.29, 0.717) is 28.1 Å². The van der Waals surface area contributed by atoms with Crippen LogP contribution in [0.5, 0.6) is 5.75 Å². The lowest BCUT2D eigenvalue weighted by atomic mass is 9.65. The first-order valence-corrected chi connectivity index (χ1v) is 17.6. The molecule has 6 N–H and O–H groups in total. The Hall–Kier alpha value is -6.42. The number of amides is 4. The molecule has 3 aliphatic heterocycles. The topological polar surface area (TPSA) is 172 Å². The number of nitrogens with two attached hydrogens (primary N) is 1. The van der Waals surface area contributed by atoms with E-state index in [1.807, 2.05) is 77.7 Å². The third-order valence-electron chi connectivity index (χ3n) is 10.2. The molecule has 1 spiro atoms. The van der Waals surface area contributed by atoms with E-state index in [0.717, 1.165) is 11.1 Å². The molecule has 0 aromatic heterocycles. The molecular formula is C42H39N5O7. The molecule has 2 fully saturated rings. The molecular weight excluding hydrogens is 686 g/mol. The van der Waals surface area contributed by atoms with Crippen molar-refractivity contribution < 1.29 is 33.8 Å². The third kappa shape index (κ3) is 6.33. The Labute approximate surface area is 312 Å². The van der Waals surface area contributed by atoms with Gasteiger partial charge in [0.2, 0.25) is 11.8 Å². The lowest BCUT2D eigenvalue weighted by Crippen LogP contribution is -2.54. The summed E-state index contributed by atoms with van der Waals surface area (Å²) in [6, 6.07) is 27.9. The first kappa shape index (κ1) is 36.0. The monoisotopic (exact) mass is 725 g/mol. The van der Waals surface area contributed by atoms with Crippen LogP contribution in [0.4, 0.5) is 10.5 Å². The molecule has 4 aromatic rings. The number of morpholine rings is 1. The summed E-state index contributed by atoms with van der Waals surface area (Å²) in [5.41, 5.74) is 7.20. The number of rotatable bonds is 10. The molecule has 12 nitrogen and oxygen atoms in total. The normalized spacial score (nSPS) is 23.9. The molecule has 2 saturated heterocycles. The number of carbonyl (C=O) groups excluding carboxylic acids is 4. The van der Waals surface area contributed by atoms with Crippen molar-refractivity contribution in [2.75, 3.05) is 31.6 Å². The van der Waals surface area contributed by atoms with Gasteiger partial charge in [-0.15, -0.1) is 6.58 Å². The van der Waals surface area contributed by atoms with Crippen LogP contribution in [0, 0.1) is 17.8 Å². The van der Waals surface area contributed by atoms with Crippen molar-refractivity contribution in [3.8, 4) is 17.6 Å². The van der Waals surface area contributed by atoms with Crippen LogP contribution >= 0.6 is 0 Å². The summed E-state index contributed by atoms with van der Waals surface area (Å²) < 4.78 is 12.1. The number of aliphatic hydroxyl groups is 1. The van der Waals surface area contributed by atoms with E-state index >= 15 is 4.79 Å². The number of anilines is 1. The van der Waals surface area contributed by atoms with Gasteiger partial charge in [0, 0.05) is 17.8 Å². The second kappa shape index (κ2) is 15.3. The van der Waals surface area contributed by atoms with Crippen molar-refractivity contribution in [1.29, 1.82) is 0 Å². The lowest BCUT2D eigenvalue weighted by Gasteiger charge is -2.46. The van der Waals surface area contributed by atoms with Gasteiger partial charge in [0.25, 0.3) is 0 Å². The van der Waals surface area contributed by atoms with E-state index in [9.17, 15) is 19.5 Å². The van der Waals surface area contributed by atoms with Crippen molar-refractivity contribution in [3.63, 3.8) is 0 Å². The minimum Gasteiger partial charge on any atom is -0.491 e. The zero-order chi connectivity index (χ0) is 37.8. The molecule has 6 atom stereocenters. The van der Waals surface area contributed by atoms with Crippen LogP contribution in [0.3, 0.4) is 0 Å². The fourth-order valence-corrected chi connectivity index (χ4v) is 8.14. The Kier molecular flexibility index (Phi) is 10.2.